The van der Waals surface area contributed by atoms with Crippen LogP contribution in [0.5, 0.6) is 17.2 Å². The largest absolute Gasteiger partial charge is 0.493 e. The molecule has 0 saturated carbocycles. The number of nitro benzene ring substituents is 1. The number of methoxy groups -OCH3 is 1. The van der Waals surface area contributed by atoms with Crippen LogP contribution in [0.25, 0.3) is 0 Å². The van der Waals surface area contributed by atoms with Crippen molar-refractivity contribution >= 4 is 38.9 Å². The average molecular weight is 546 g/mol. The van der Waals surface area contributed by atoms with Gasteiger partial charge in [0, 0.05) is 22.8 Å². The summed E-state index contributed by atoms with van der Waals surface area (Å²) in [5.41, 5.74) is 0.656. The van der Waals surface area contributed by atoms with Gasteiger partial charge in [-0.3, -0.25) is 10.1 Å². The van der Waals surface area contributed by atoms with E-state index in [2.05, 4.69) is 21.2 Å². The molecule has 0 spiro atoms. The summed E-state index contributed by atoms with van der Waals surface area (Å²) >= 11 is 9.75. The van der Waals surface area contributed by atoms with Crippen LogP contribution in [0.15, 0.2) is 53.0 Å². The molecule has 0 bridgehead atoms. The first-order chi connectivity index (χ1) is 15.5. The number of rotatable bonds is 7. The summed E-state index contributed by atoms with van der Waals surface area (Å²) in [6, 6.07) is 11.0. The van der Waals surface area contributed by atoms with Gasteiger partial charge in [-0.2, -0.15) is 13.2 Å². The van der Waals surface area contributed by atoms with Crippen molar-refractivity contribution in [2.24, 2.45) is 0 Å². The zero-order valence-electron chi connectivity index (χ0n) is 17.3. The highest BCUT2D eigenvalue weighted by Crippen LogP contribution is 2.43. The number of nitrogens with one attached hydrogen (secondary N) is 1. The second kappa shape index (κ2) is 9.88. The van der Waals surface area contributed by atoms with Gasteiger partial charge in [-0.25, -0.2) is 0 Å². The van der Waals surface area contributed by atoms with Gasteiger partial charge in [0.05, 0.1) is 22.6 Å². The van der Waals surface area contributed by atoms with Crippen molar-refractivity contribution in [3.8, 4) is 17.2 Å². The molecule has 1 N–H and O–H groups in total. The molecule has 0 saturated heterocycles. The first-order valence-electron chi connectivity index (χ1n) is 9.39. The van der Waals surface area contributed by atoms with Gasteiger partial charge in [0.2, 0.25) is 5.75 Å². The molecular formula is C22H17BrClF3N2O4. The molecule has 6 nitrogen and oxygen atoms in total. The number of anilines is 1. The quantitative estimate of drug-likeness (QED) is 0.243. The SMILES string of the molecule is COc1cc(CNc2ccc(Br)cc2C)cc(Cl)c1Oc1ccc(C(F)(F)F)cc1[N+](=O)[O-]. The predicted octanol–water partition coefficient (Wildman–Crippen LogP) is 7.75. The van der Waals surface area contributed by atoms with E-state index >= 15 is 0 Å². The lowest BCUT2D eigenvalue weighted by Crippen LogP contribution is -2.06. The minimum absolute atomic E-state index is 0.0504. The Balaban J connectivity index is 1.89. The fourth-order valence-corrected chi connectivity index (χ4v) is 3.78. The van der Waals surface area contributed by atoms with Crippen molar-refractivity contribution < 1.29 is 27.6 Å². The predicted molar refractivity (Wildman–Crippen MR) is 122 cm³/mol. The molecule has 0 atom stereocenters. The van der Waals surface area contributed by atoms with Crippen LogP contribution in [0.2, 0.25) is 5.02 Å². The van der Waals surface area contributed by atoms with Crippen LogP contribution in [0, 0.1) is 17.0 Å². The molecule has 33 heavy (non-hydrogen) atoms. The van der Waals surface area contributed by atoms with E-state index in [1.807, 2.05) is 25.1 Å². The molecule has 0 aliphatic rings. The molecule has 3 aromatic rings. The van der Waals surface area contributed by atoms with Crippen LogP contribution in [0.4, 0.5) is 24.5 Å². The number of alkyl halides is 3. The summed E-state index contributed by atoms with van der Waals surface area (Å²) in [4.78, 5) is 10.4. The first-order valence-corrected chi connectivity index (χ1v) is 10.6. The van der Waals surface area contributed by atoms with Crippen molar-refractivity contribution in [2.45, 2.75) is 19.6 Å². The Bertz CT molecular complexity index is 1200. The standard InChI is InChI=1S/C22H17BrClF3N2O4/c1-12-7-15(23)4-5-17(12)28-11-13-8-16(24)21(20(9-13)32-2)33-19-6-3-14(22(25,26)27)10-18(19)29(30)31/h3-10,28H,11H2,1-2H3. The second-order valence-electron chi connectivity index (χ2n) is 6.96. The van der Waals surface area contributed by atoms with E-state index in [0.717, 1.165) is 27.4 Å². The Kier molecular flexibility index (Phi) is 7.38. The average Bonchev–Trinajstić information content (AvgIpc) is 2.73. The molecule has 0 radical (unpaired) electrons. The Morgan fingerprint density at radius 3 is 2.45 bits per heavy atom. The topological polar surface area (TPSA) is 73.6 Å². The molecule has 0 aliphatic carbocycles. The van der Waals surface area contributed by atoms with Crippen molar-refractivity contribution in [3.63, 3.8) is 0 Å². The summed E-state index contributed by atoms with van der Waals surface area (Å²) in [6.45, 7) is 2.34. The van der Waals surface area contributed by atoms with Gasteiger partial charge < -0.3 is 14.8 Å². The third kappa shape index (κ3) is 5.88. The lowest BCUT2D eigenvalue weighted by molar-refractivity contribution is -0.385. The van der Waals surface area contributed by atoms with E-state index in [1.54, 1.807) is 12.1 Å². The van der Waals surface area contributed by atoms with Crippen molar-refractivity contribution in [2.75, 3.05) is 12.4 Å². The third-order valence-corrected chi connectivity index (χ3v) is 5.43. The van der Waals surface area contributed by atoms with E-state index in [-0.39, 0.29) is 16.5 Å². The van der Waals surface area contributed by atoms with Gasteiger partial charge in [-0.05, 0) is 60.5 Å². The Labute approximate surface area is 200 Å². The van der Waals surface area contributed by atoms with Crippen molar-refractivity contribution in [3.05, 3.63) is 84.8 Å². The van der Waals surface area contributed by atoms with E-state index in [4.69, 9.17) is 21.1 Å². The van der Waals surface area contributed by atoms with Crippen molar-refractivity contribution in [1.29, 1.82) is 0 Å². The van der Waals surface area contributed by atoms with Crippen LogP contribution in [-0.4, -0.2) is 12.0 Å². The minimum atomic E-state index is -4.74. The van der Waals surface area contributed by atoms with E-state index < -0.39 is 28.1 Å². The molecule has 174 valence electrons. The Hall–Kier alpha value is -2.98. The maximum Gasteiger partial charge on any atom is 0.416 e. The summed E-state index contributed by atoms with van der Waals surface area (Å²) < 4.78 is 50.7. The number of aryl methyl sites for hydroxylation is 1. The summed E-state index contributed by atoms with van der Waals surface area (Å²) in [5, 5.41) is 14.7. The molecule has 3 aromatic carbocycles. The summed E-state index contributed by atoms with van der Waals surface area (Å²) in [5.74, 6) is -0.281. The van der Waals surface area contributed by atoms with Gasteiger partial charge in [0.1, 0.15) is 0 Å². The third-order valence-electron chi connectivity index (χ3n) is 4.66. The number of nitrogens with zero attached hydrogens (tertiary/aromatic N) is 1. The highest BCUT2D eigenvalue weighted by molar-refractivity contribution is 9.10. The highest BCUT2D eigenvalue weighted by atomic mass is 79.9. The molecule has 3 rings (SSSR count). The van der Waals surface area contributed by atoms with Crippen LogP contribution in [0.3, 0.4) is 0 Å². The number of hydrogen-bond donors (Lipinski definition) is 1. The zero-order chi connectivity index (χ0) is 24.3. The second-order valence-corrected chi connectivity index (χ2v) is 8.28. The first kappa shape index (κ1) is 24.7. The Morgan fingerprint density at radius 1 is 1.12 bits per heavy atom. The number of benzene rings is 3. The Morgan fingerprint density at radius 2 is 1.85 bits per heavy atom. The molecule has 11 heteroatoms. The molecule has 0 amide bonds. The van der Waals surface area contributed by atoms with Gasteiger partial charge in [-0.1, -0.05) is 27.5 Å². The molecule has 0 unspecified atom stereocenters. The highest BCUT2D eigenvalue weighted by Gasteiger charge is 2.33. The molecular weight excluding hydrogens is 529 g/mol. The molecule has 0 heterocycles. The van der Waals surface area contributed by atoms with E-state index in [0.29, 0.717) is 18.7 Å². The maximum atomic E-state index is 12.9. The lowest BCUT2D eigenvalue weighted by atomic mass is 10.1. The summed E-state index contributed by atoms with van der Waals surface area (Å²) in [7, 11) is 1.36. The molecule has 0 fully saturated rings. The van der Waals surface area contributed by atoms with Crippen LogP contribution in [-0.2, 0) is 12.7 Å². The zero-order valence-corrected chi connectivity index (χ0v) is 19.6. The summed E-state index contributed by atoms with van der Waals surface area (Å²) in [6.07, 6.45) is -4.74. The minimum Gasteiger partial charge on any atom is -0.493 e. The van der Waals surface area contributed by atoms with Gasteiger partial charge in [-0.15, -0.1) is 0 Å². The number of hydrogen-bond acceptors (Lipinski definition) is 5. The monoisotopic (exact) mass is 544 g/mol. The number of ether oxygens (including phenoxy) is 2. The number of nitro groups is 1. The van der Waals surface area contributed by atoms with Gasteiger partial charge in [0.25, 0.3) is 0 Å². The smallest absolute Gasteiger partial charge is 0.416 e. The number of halogens is 5. The van der Waals surface area contributed by atoms with Gasteiger partial charge >= 0.3 is 11.9 Å². The molecule has 0 aliphatic heterocycles. The van der Waals surface area contributed by atoms with E-state index in [1.165, 1.54) is 7.11 Å². The lowest BCUT2D eigenvalue weighted by Gasteiger charge is -2.16. The van der Waals surface area contributed by atoms with Crippen LogP contribution in [0.1, 0.15) is 16.7 Å². The normalized spacial score (nSPS) is 11.2. The van der Waals surface area contributed by atoms with E-state index in [9.17, 15) is 23.3 Å². The van der Waals surface area contributed by atoms with Gasteiger partial charge in [0.15, 0.2) is 11.5 Å². The van der Waals surface area contributed by atoms with Crippen LogP contribution >= 0.6 is 27.5 Å². The molecule has 0 aromatic heterocycles. The fourth-order valence-electron chi connectivity index (χ4n) is 3.03. The fraction of sp³-hybridized carbons (Fsp3) is 0.182. The maximum absolute atomic E-state index is 12.9. The van der Waals surface area contributed by atoms with Crippen molar-refractivity contribution in [1.82, 2.24) is 0 Å². The van der Waals surface area contributed by atoms with Crippen LogP contribution < -0.4 is 14.8 Å².